The molecule has 0 saturated carbocycles. The molecule has 3 N–H and O–H groups in total. The fraction of sp³-hybridized carbons (Fsp3) is 0.500. The first-order valence-corrected chi connectivity index (χ1v) is 7.50. The van der Waals surface area contributed by atoms with Crippen molar-refractivity contribution in [2.75, 3.05) is 13.1 Å². The van der Waals surface area contributed by atoms with Crippen LogP contribution in [0.5, 0.6) is 0 Å². The fourth-order valence-electron chi connectivity index (χ4n) is 2.62. The number of benzene rings is 1. The van der Waals surface area contributed by atoms with Gasteiger partial charge in [0, 0.05) is 13.1 Å². The van der Waals surface area contributed by atoms with Crippen molar-refractivity contribution >= 4 is 12.1 Å². The minimum atomic E-state index is -0.968. The third kappa shape index (κ3) is 4.73. The topological polar surface area (TPSA) is 92.9 Å². The Morgan fingerprint density at radius 1 is 1.27 bits per heavy atom. The van der Waals surface area contributed by atoms with Crippen LogP contribution < -0.4 is 5.73 Å². The van der Waals surface area contributed by atoms with Crippen molar-refractivity contribution in [2.45, 2.75) is 31.9 Å². The van der Waals surface area contributed by atoms with Gasteiger partial charge in [0.2, 0.25) is 0 Å². The number of carboxylic acid groups (broad SMARTS) is 1. The lowest BCUT2D eigenvalue weighted by atomic mass is 9.90. The minimum absolute atomic E-state index is 0.254. The van der Waals surface area contributed by atoms with Gasteiger partial charge < -0.3 is 20.5 Å². The zero-order valence-electron chi connectivity index (χ0n) is 12.5. The van der Waals surface area contributed by atoms with E-state index in [1.807, 2.05) is 30.3 Å². The van der Waals surface area contributed by atoms with E-state index in [9.17, 15) is 9.59 Å². The fourth-order valence-corrected chi connectivity index (χ4v) is 2.62. The summed E-state index contributed by atoms with van der Waals surface area (Å²) < 4.78 is 5.29. The third-order valence-electron chi connectivity index (χ3n) is 3.98. The van der Waals surface area contributed by atoms with Crippen molar-refractivity contribution in [3.8, 4) is 0 Å². The maximum absolute atomic E-state index is 12.0. The summed E-state index contributed by atoms with van der Waals surface area (Å²) in [5.41, 5.74) is 6.51. The van der Waals surface area contributed by atoms with Crippen molar-refractivity contribution in [3.05, 3.63) is 35.9 Å². The summed E-state index contributed by atoms with van der Waals surface area (Å²) in [6.07, 6.45) is 1.68. The van der Waals surface area contributed by atoms with Crippen molar-refractivity contribution in [1.82, 2.24) is 4.90 Å². The predicted octanol–water partition coefficient (Wildman–Crippen LogP) is 1.84. The van der Waals surface area contributed by atoms with E-state index in [-0.39, 0.29) is 18.6 Å². The molecular weight excluding hydrogens is 284 g/mol. The molecular formula is C16H22N2O4. The molecule has 1 saturated heterocycles. The normalized spacial score (nSPS) is 17.0. The molecule has 0 aromatic heterocycles. The highest BCUT2D eigenvalue weighted by Gasteiger charge is 2.26. The zero-order chi connectivity index (χ0) is 15.9. The van der Waals surface area contributed by atoms with Crippen LogP contribution in [0, 0.1) is 5.92 Å². The minimum Gasteiger partial charge on any atom is -0.480 e. The van der Waals surface area contributed by atoms with Crippen molar-refractivity contribution in [2.24, 2.45) is 11.7 Å². The summed E-state index contributed by atoms with van der Waals surface area (Å²) in [5, 5.41) is 8.82. The number of hydrogen-bond donors (Lipinski definition) is 2. The number of likely N-dealkylation sites (tertiary alicyclic amines) is 1. The summed E-state index contributed by atoms with van der Waals surface area (Å²) in [5.74, 6) is -0.714. The molecule has 1 fully saturated rings. The Morgan fingerprint density at radius 2 is 1.91 bits per heavy atom. The van der Waals surface area contributed by atoms with Gasteiger partial charge in [-0.25, -0.2) is 4.79 Å². The van der Waals surface area contributed by atoms with Gasteiger partial charge in [-0.1, -0.05) is 30.3 Å². The quantitative estimate of drug-likeness (QED) is 0.866. The molecule has 6 nitrogen and oxygen atoms in total. The molecule has 1 heterocycles. The number of aliphatic carboxylic acids is 1. The second-order valence-electron chi connectivity index (χ2n) is 5.65. The smallest absolute Gasteiger partial charge is 0.410 e. The molecule has 0 radical (unpaired) electrons. The van der Waals surface area contributed by atoms with Crippen LogP contribution in [0.3, 0.4) is 0 Å². The number of carboxylic acids is 1. The third-order valence-corrected chi connectivity index (χ3v) is 3.98. The van der Waals surface area contributed by atoms with Crippen LogP contribution in [0.25, 0.3) is 0 Å². The highest BCUT2D eigenvalue weighted by atomic mass is 16.6. The van der Waals surface area contributed by atoms with Gasteiger partial charge in [0.05, 0.1) is 0 Å². The molecule has 6 heteroatoms. The molecule has 1 aromatic rings. The standard InChI is InChI=1S/C16H22N2O4/c17-14(15(19)20)10-12-6-8-18(9-7-12)16(21)22-11-13-4-2-1-3-5-13/h1-5,12,14H,6-11,17H2,(H,19,20)/t14-/m0/s1. The number of amides is 1. The number of rotatable bonds is 5. The number of nitrogens with zero attached hydrogens (tertiary/aromatic N) is 1. The van der Waals surface area contributed by atoms with E-state index in [0.29, 0.717) is 19.5 Å². The molecule has 1 atom stereocenters. The first-order chi connectivity index (χ1) is 10.6. The summed E-state index contributed by atoms with van der Waals surface area (Å²) >= 11 is 0. The van der Waals surface area contributed by atoms with Gasteiger partial charge in [0.25, 0.3) is 0 Å². The number of nitrogens with two attached hydrogens (primary N) is 1. The Morgan fingerprint density at radius 3 is 2.50 bits per heavy atom. The molecule has 1 aromatic carbocycles. The van der Waals surface area contributed by atoms with Gasteiger partial charge in [-0.05, 0) is 30.7 Å². The lowest BCUT2D eigenvalue weighted by molar-refractivity contribution is -0.139. The number of ether oxygens (including phenoxy) is 1. The summed E-state index contributed by atoms with van der Waals surface area (Å²) in [6, 6.07) is 8.72. The molecule has 0 spiro atoms. The number of carbonyl (C=O) groups is 2. The van der Waals surface area contributed by atoms with E-state index in [4.69, 9.17) is 15.6 Å². The van der Waals surface area contributed by atoms with Gasteiger partial charge in [-0.3, -0.25) is 4.79 Å². The predicted molar refractivity (Wildman–Crippen MR) is 81.2 cm³/mol. The van der Waals surface area contributed by atoms with Gasteiger partial charge >= 0.3 is 12.1 Å². The van der Waals surface area contributed by atoms with Crippen molar-refractivity contribution in [3.63, 3.8) is 0 Å². The maximum atomic E-state index is 12.0. The Kier molecular flexibility index (Phi) is 5.77. The average Bonchev–Trinajstić information content (AvgIpc) is 2.54. The largest absolute Gasteiger partial charge is 0.480 e. The molecule has 2 rings (SSSR count). The SMILES string of the molecule is N[C@@H](CC1CCN(C(=O)OCc2ccccc2)CC1)C(=O)O. The van der Waals surface area contributed by atoms with Gasteiger partial charge in [0.15, 0.2) is 0 Å². The second kappa shape index (κ2) is 7.79. The van der Waals surface area contributed by atoms with Gasteiger partial charge in [0.1, 0.15) is 12.6 Å². The molecule has 22 heavy (non-hydrogen) atoms. The van der Waals surface area contributed by atoms with Crippen molar-refractivity contribution in [1.29, 1.82) is 0 Å². The van der Waals surface area contributed by atoms with Crippen LogP contribution in [0.1, 0.15) is 24.8 Å². The van der Waals surface area contributed by atoms with Crippen LogP contribution in [-0.2, 0) is 16.1 Å². The van der Waals surface area contributed by atoms with Gasteiger partial charge in [-0.2, -0.15) is 0 Å². The van der Waals surface area contributed by atoms with E-state index in [1.54, 1.807) is 4.90 Å². The first kappa shape index (κ1) is 16.3. The van der Waals surface area contributed by atoms with Crippen LogP contribution >= 0.6 is 0 Å². The molecule has 0 aliphatic carbocycles. The lowest BCUT2D eigenvalue weighted by Gasteiger charge is -2.31. The first-order valence-electron chi connectivity index (χ1n) is 7.50. The van der Waals surface area contributed by atoms with Crippen molar-refractivity contribution < 1.29 is 19.4 Å². The maximum Gasteiger partial charge on any atom is 0.410 e. The number of carbonyl (C=O) groups excluding carboxylic acids is 1. The molecule has 1 aliphatic rings. The summed E-state index contributed by atoms with van der Waals surface area (Å²) in [4.78, 5) is 24.4. The van der Waals surface area contributed by atoms with Crippen LogP contribution in [-0.4, -0.2) is 41.2 Å². The number of hydrogen-bond acceptors (Lipinski definition) is 4. The lowest BCUT2D eigenvalue weighted by Crippen LogP contribution is -2.41. The molecule has 0 bridgehead atoms. The molecule has 1 aliphatic heterocycles. The average molecular weight is 306 g/mol. The van der Waals surface area contributed by atoms with Crippen LogP contribution in [0.2, 0.25) is 0 Å². The Labute approximate surface area is 129 Å². The Hall–Kier alpha value is -2.08. The molecule has 0 unspecified atom stereocenters. The Balaban J connectivity index is 1.72. The summed E-state index contributed by atoms with van der Waals surface area (Å²) in [7, 11) is 0. The van der Waals surface area contributed by atoms with Crippen LogP contribution in [0.15, 0.2) is 30.3 Å². The monoisotopic (exact) mass is 306 g/mol. The van der Waals surface area contributed by atoms with Crippen LogP contribution in [0.4, 0.5) is 4.79 Å². The number of piperidine rings is 1. The Bertz CT molecular complexity index is 498. The second-order valence-corrected chi connectivity index (χ2v) is 5.65. The summed E-state index contributed by atoms with van der Waals surface area (Å²) in [6.45, 7) is 1.44. The highest BCUT2D eigenvalue weighted by molar-refractivity contribution is 5.73. The van der Waals surface area contributed by atoms with E-state index < -0.39 is 12.0 Å². The van der Waals surface area contributed by atoms with E-state index in [1.165, 1.54) is 0 Å². The zero-order valence-corrected chi connectivity index (χ0v) is 12.5. The van der Waals surface area contributed by atoms with E-state index in [2.05, 4.69) is 0 Å². The molecule has 1 amide bonds. The van der Waals surface area contributed by atoms with E-state index >= 15 is 0 Å². The highest BCUT2D eigenvalue weighted by Crippen LogP contribution is 2.22. The van der Waals surface area contributed by atoms with E-state index in [0.717, 1.165) is 18.4 Å². The molecule has 120 valence electrons. The van der Waals surface area contributed by atoms with Gasteiger partial charge in [-0.15, -0.1) is 0 Å².